The zero-order valence-electron chi connectivity index (χ0n) is 9.84. The molecule has 0 aromatic rings. The Labute approximate surface area is 104 Å². The van der Waals surface area contributed by atoms with Crippen molar-refractivity contribution in [2.75, 3.05) is 7.05 Å². The van der Waals surface area contributed by atoms with Crippen LogP contribution in [0.2, 0.25) is 0 Å². The van der Waals surface area contributed by atoms with Crippen molar-refractivity contribution in [2.24, 2.45) is 11.8 Å². The van der Waals surface area contributed by atoms with Crippen molar-refractivity contribution >= 4 is 16.0 Å². The minimum absolute atomic E-state index is 0.168. The molecule has 2 aliphatic rings. The van der Waals surface area contributed by atoms with Gasteiger partial charge >= 0.3 is 21.3 Å². The highest BCUT2D eigenvalue weighted by Crippen LogP contribution is 2.46. The van der Waals surface area contributed by atoms with Crippen molar-refractivity contribution < 1.29 is 26.5 Å². The summed E-state index contributed by atoms with van der Waals surface area (Å²) in [6.07, 6.45) is 3.45. The molecule has 2 saturated carbocycles. The summed E-state index contributed by atoms with van der Waals surface area (Å²) in [5.41, 5.74) is 0. The Morgan fingerprint density at radius 2 is 1.94 bits per heavy atom. The van der Waals surface area contributed by atoms with Gasteiger partial charge < -0.3 is 4.90 Å². The Morgan fingerprint density at radius 1 is 1.33 bits per heavy atom. The van der Waals surface area contributed by atoms with Crippen LogP contribution < -0.4 is 0 Å². The highest BCUT2D eigenvalue weighted by molar-refractivity contribution is 7.87. The largest absolute Gasteiger partial charge is 0.446 e. The molecule has 0 aliphatic heterocycles. The second-order valence-electron chi connectivity index (χ2n) is 5.15. The van der Waals surface area contributed by atoms with Crippen molar-refractivity contribution in [1.29, 1.82) is 0 Å². The van der Waals surface area contributed by atoms with E-state index in [1.165, 1.54) is 7.05 Å². The lowest BCUT2D eigenvalue weighted by Crippen LogP contribution is -2.51. The molecule has 0 aromatic heterocycles. The maximum absolute atomic E-state index is 13.2. The molecule has 2 rings (SSSR count). The fourth-order valence-corrected chi connectivity index (χ4v) is 3.52. The fraction of sp³-hybridized carbons (Fsp3) is 0.900. The molecule has 2 fully saturated rings. The van der Waals surface area contributed by atoms with Crippen molar-refractivity contribution in [2.45, 2.75) is 37.0 Å². The van der Waals surface area contributed by atoms with Gasteiger partial charge in [-0.2, -0.15) is 17.2 Å². The molecule has 0 spiro atoms. The Morgan fingerprint density at radius 3 is 2.33 bits per heavy atom. The molecule has 3 atom stereocenters. The third-order valence-corrected chi connectivity index (χ3v) is 4.91. The van der Waals surface area contributed by atoms with Crippen LogP contribution in [0.5, 0.6) is 0 Å². The lowest BCUT2D eigenvalue weighted by Gasteiger charge is -2.32. The first kappa shape index (κ1) is 13.7. The second kappa shape index (κ2) is 4.12. The monoisotopic (exact) mass is 283 g/mol. The molecule has 8 heteroatoms. The zero-order valence-corrected chi connectivity index (χ0v) is 10.7. The fourth-order valence-electron chi connectivity index (χ4n) is 3.15. The van der Waals surface area contributed by atoms with Crippen LogP contribution in [0.3, 0.4) is 0 Å². The second-order valence-corrected chi connectivity index (χ2v) is 6.61. The molecule has 3 unspecified atom stereocenters. The van der Waals surface area contributed by atoms with E-state index in [4.69, 9.17) is 4.55 Å². The Hall–Kier alpha value is -0.760. The van der Waals surface area contributed by atoms with Crippen LogP contribution in [0, 0.1) is 11.8 Å². The van der Waals surface area contributed by atoms with Crippen LogP contribution in [0.15, 0.2) is 0 Å². The maximum atomic E-state index is 13.2. The number of carbonyl (C=O) groups excluding carboxylic acids is 1. The van der Waals surface area contributed by atoms with Gasteiger partial charge in [0.05, 0.1) is 0 Å². The molecule has 18 heavy (non-hydrogen) atoms. The van der Waals surface area contributed by atoms with E-state index in [2.05, 4.69) is 0 Å². The maximum Gasteiger partial charge on any atom is 0.446 e. The number of halogens is 2. The van der Waals surface area contributed by atoms with Gasteiger partial charge in [-0.15, -0.1) is 0 Å². The average molecular weight is 283 g/mol. The zero-order chi connectivity index (χ0) is 13.7. The summed E-state index contributed by atoms with van der Waals surface area (Å²) in [6.45, 7) is 0. The summed E-state index contributed by atoms with van der Waals surface area (Å²) in [6, 6.07) is -0.344. The van der Waals surface area contributed by atoms with Crippen LogP contribution in [0.1, 0.15) is 25.7 Å². The van der Waals surface area contributed by atoms with Gasteiger partial charge in [-0.25, -0.2) is 0 Å². The minimum atomic E-state index is -5.71. The van der Waals surface area contributed by atoms with Gasteiger partial charge in [0.25, 0.3) is 0 Å². The van der Waals surface area contributed by atoms with Crippen LogP contribution in [0.4, 0.5) is 8.78 Å². The van der Waals surface area contributed by atoms with Crippen LogP contribution >= 0.6 is 0 Å². The van der Waals surface area contributed by atoms with Gasteiger partial charge in [-0.05, 0) is 31.1 Å². The van der Waals surface area contributed by atoms with Crippen molar-refractivity contribution in [3.8, 4) is 0 Å². The summed E-state index contributed by atoms with van der Waals surface area (Å²) in [5.74, 6) is -1.24. The number of alkyl halides is 2. The third-order valence-electron chi connectivity index (χ3n) is 4.09. The number of hydrogen-bond donors (Lipinski definition) is 1. The van der Waals surface area contributed by atoms with E-state index in [0.29, 0.717) is 12.3 Å². The molecule has 0 radical (unpaired) electrons. The summed E-state index contributed by atoms with van der Waals surface area (Å²) in [5, 5.41) is -4.76. The first-order chi connectivity index (χ1) is 8.14. The standard InChI is InChI=1S/C10H15F2NO4S/c1-13(8-5-6-2-3-7(8)4-6)9(14)10(11,12)18(15,16)17/h6-8H,2-5H2,1H3,(H,15,16,17). The van der Waals surface area contributed by atoms with Gasteiger partial charge in [0.15, 0.2) is 0 Å². The predicted molar refractivity (Wildman–Crippen MR) is 58.5 cm³/mol. The lowest BCUT2D eigenvalue weighted by molar-refractivity contribution is -0.149. The predicted octanol–water partition coefficient (Wildman–Crippen LogP) is 1.11. The van der Waals surface area contributed by atoms with Crippen molar-refractivity contribution in [3.63, 3.8) is 0 Å². The van der Waals surface area contributed by atoms with Crippen molar-refractivity contribution in [1.82, 2.24) is 4.90 Å². The van der Waals surface area contributed by atoms with Crippen LogP contribution in [-0.2, 0) is 14.9 Å². The Kier molecular flexibility index (Phi) is 3.13. The normalized spacial score (nSPS) is 31.7. The van der Waals surface area contributed by atoms with E-state index in [1.54, 1.807) is 0 Å². The molecule has 5 nitrogen and oxygen atoms in total. The van der Waals surface area contributed by atoms with E-state index in [1.807, 2.05) is 0 Å². The van der Waals surface area contributed by atoms with Crippen LogP contribution in [-0.4, -0.2) is 42.1 Å². The highest BCUT2D eigenvalue weighted by atomic mass is 32.2. The molecule has 1 N–H and O–H groups in total. The molecule has 0 heterocycles. The van der Waals surface area contributed by atoms with Gasteiger partial charge in [0.1, 0.15) is 0 Å². The van der Waals surface area contributed by atoms with Gasteiger partial charge in [0, 0.05) is 13.1 Å². The summed E-state index contributed by atoms with van der Waals surface area (Å²) >= 11 is 0. The first-order valence-corrected chi connectivity index (χ1v) is 7.20. The number of rotatable bonds is 3. The van der Waals surface area contributed by atoms with E-state index >= 15 is 0 Å². The molecule has 104 valence electrons. The summed E-state index contributed by atoms with van der Waals surface area (Å²) in [7, 11) is -4.54. The first-order valence-electron chi connectivity index (χ1n) is 5.76. The highest BCUT2D eigenvalue weighted by Gasteiger charge is 2.56. The van der Waals surface area contributed by atoms with Gasteiger partial charge in [0.2, 0.25) is 0 Å². The molecule has 0 aromatic carbocycles. The smallest absolute Gasteiger partial charge is 0.336 e. The quantitative estimate of drug-likeness (QED) is 0.787. The van der Waals surface area contributed by atoms with E-state index in [9.17, 15) is 22.0 Å². The van der Waals surface area contributed by atoms with Crippen LogP contribution in [0.25, 0.3) is 0 Å². The van der Waals surface area contributed by atoms with E-state index in [0.717, 1.165) is 24.2 Å². The van der Waals surface area contributed by atoms with E-state index < -0.39 is 21.3 Å². The summed E-state index contributed by atoms with van der Waals surface area (Å²) < 4.78 is 56.0. The molecule has 0 saturated heterocycles. The minimum Gasteiger partial charge on any atom is -0.336 e. The SMILES string of the molecule is CN(C(=O)C(F)(F)S(=O)(=O)O)C1CC2CCC1C2. The van der Waals surface area contributed by atoms with Crippen molar-refractivity contribution in [3.05, 3.63) is 0 Å². The molecule has 1 amide bonds. The Bertz CT molecular complexity index is 464. The third kappa shape index (κ3) is 2.01. The molecular formula is C10H15F2NO4S. The van der Waals surface area contributed by atoms with Gasteiger partial charge in [-0.1, -0.05) is 6.42 Å². The Balaban J connectivity index is 2.15. The number of nitrogens with zero attached hydrogens (tertiary/aromatic N) is 1. The van der Waals surface area contributed by atoms with E-state index in [-0.39, 0.29) is 12.0 Å². The molecular weight excluding hydrogens is 268 g/mol. The molecule has 2 bridgehead atoms. The number of fused-ring (bicyclic) bond motifs is 2. The number of hydrogen-bond acceptors (Lipinski definition) is 3. The average Bonchev–Trinajstić information content (AvgIpc) is 2.86. The lowest BCUT2D eigenvalue weighted by atomic mass is 9.94. The number of carbonyl (C=O) groups is 1. The number of amides is 1. The molecule has 2 aliphatic carbocycles. The topological polar surface area (TPSA) is 74.7 Å². The summed E-state index contributed by atoms with van der Waals surface area (Å²) in [4.78, 5) is 12.3. The van der Waals surface area contributed by atoms with Gasteiger partial charge in [-0.3, -0.25) is 9.35 Å².